The average molecular weight is 255 g/mol. The number of carbonyl (C=O) groups excluding carboxylic acids is 1. The van der Waals surface area contributed by atoms with Gasteiger partial charge < -0.3 is 5.73 Å². The molecule has 0 saturated carbocycles. The average Bonchev–Trinajstić information content (AvgIpc) is 2.35. The zero-order valence-corrected chi connectivity index (χ0v) is 10.6. The maximum Gasteiger partial charge on any atom is 0.180 e. The maximum absolute atomic E-state index is 11.9. The third-order valence-electron chi connectivity index (χ3n) is 2.60. The molecule has 0 aromatic heterocycles. The van der Waals surface area contributed by atoms with Crippen molar-refractivity contribution in [1.29, 1.82) is 0 Å². The first kappa shape index (κ1) is 13.9. The van der Waals surface area contributed by atoms with Crippen molar-refractivity contribution in [2.75, 3.05) is 12.3 Å². The Morgan fingerprint density at radius 2 is 1.88 bits per heavy atom. The zero-order valence-electron chi connectivity index (χ0n) is 9.80. The van der Waals surface area contributed by atoms with Crippen molar-refractivity contribution < 1.29 is 13.2 Å². The molecule has 1 unspecified atom stereocenters. The summed E-state index contributed by atoms with van der Waals surface area (Å²) in [5.41, 5.74) is 5.70. The molecule has 0 aliphatic rings. The first-order valence-electron chi connectivity index (χ1n) is 5.50. The van der Waals surface area contributed by atoms with E-state index in [0.717, 1.165) is 0 Å². The largest absolute Gasteiger partial charge is 0.330 e. The van der Waals surface area contributed by atoms with Gasteiger partial charge >= 0.3 is 0 Å². The Morgan fingerprint density at radius 1 is 1.29 bits per heavy atom. The van der Waals surface area contributed by atoms with Crippen LogP contribution < -0.4 is 5.73 Å². The molecular weight excluding hydrogens is 238 g/mol. The van der Waals surface area contributed by atoms with Crippen LogP contribution in [0.1, 0.15) is 23.7 Å². The molecule has 0 bridgehead atoms. The van der Waals surface area contributed by atoms with Crippen molar-refractivity contribution in [3.8, 4) is 0 Å². The molecule has 94 valence electrons. The molecule has 0 amide bonds. The number of rotatable bonds is 6. The summed E-state index contributed by atoms with van der Waals surface area (Å²) in [4.78, 5) is 11.9. The molecular formula is C12H17NO3S. The molecule has 5 heteroatoms. The monoisotopic (exact) mass is 255 g/mol. The fourth-order valence-corrected chi connectivity index (χ4v) is 2.85. The predicted octanol–water partition coefficient (Wildman–Crippen LogP) is 1.02. The van der Waals surface area contributed by atoms with Gasteiger partial charge in [-0.1, -0.05) is 30.3 Å². The van der Waals surface area contributed by atoms with Crippen LogP contribution in [0.5, 0.6) is 0 Å². The van der Waals surface area contributed by atoms with E-state index in [0.29, 0.717) is 18.5 Å². The second-order valence-corrected chi connectivity index (χ2v) is 6.32. The van der Waals surface area contributed by atoms with E-state index < -0.39 is 15.1 Å². The van der Waals surface area contributed by atoms with Gasteiger partial charge in [0, 0.05) is 5.56 Å². The van der Waals surface area contributed by atoms with Crippen molar-refractivity contribution in [3.63, 3.8) is 0 Å². The first-order valence-corrected chi connectivity index (χ1v) is 7.21. The SMILES string of the molecule is CC(C(=O)c1ccccc1)S(=O)(=O)CCCN. The lowest BCUT2D eigenvalue weighted by molar-refractivity contribution is 0.0991. The van der Waals surface area contributed by atoms with Crippen molar-refractivity contribution >= 4 is 15.6 Å². The molecule has 1 atom stereocenters. The maximum atomic E-state index is 11.9. The van der Waals surface area contributed by atoms with Gasteiger partial charge in [-0.05, 0) is 19.9 Å². The summed E-state index contributed by atoms with van der Waals surface area (Å²) in [5.74, 6) is -0.397. The minimum atomic E-state index is -3.40. The highest BCUT2D eigenvalue weighted by atomic mass is 32.2. The van der Waals surface area contributed by atoms with Gasteiger partial charge in [-0.15, -0.1) is 0 Å². The van der Waals surface area contributed by atoms with E-state index in [1.807, 2.05) is 0 Å². The predicted molar refractivity (Wildman–Crippen MR) is 67.7 cm³/mol. The van der Waals surface area contributed by atoms with E-state index >= 15 is 0 Å². The van der Waals surface area contributed by atoms with Crippen LogP contribution in [-0.4, -0.2) is 31.7 Å². The fourth-order valence-electron chi connectivity index (χ4n) is 1.46. The lowest BCUT2D eigenvalue weighted by Crippen LogP contribution is -2.30. The highest BCUT2D eigenvalue weighted by molar-refractivity contribution is 7.92. The number of Topliss-reactive ketones (excluding diaryl/α,β-unsaturated/α-hetero) is 1. The van der Waals surface area contributed by atoms with E-state index in [9.17, 15) is 13.2 Å². The van der Waals surface area contributed by atoms with Gasteiger partial charge in [0.15, 0.2) is 15.6 Å². The van der Waals surface area contributed by atoms with Crippen molar-refractivity contribution in [2.45, 2.75) is 18.6 Å². The molecule has 1 rings (SSSR count). The Bertz CT molecular complexity index is 468. The Kier molecular flexibility index (Phi) is 4.84. The number of ketones is 1. The molecule has 0 radical (unpaired) electrons. The van der Waals surface area contributed by atoms with Crippen molar-refractivity contribution in [2.24, 2.45) is 5.73 Å². The van der Waals surface area contributed by atoms with Gasteiger partial charge in [0.05, 0.1) is 5.75 Å². The Balaban J connectivity index is 2.84. The summed E-state index contributed by atoms with van der Waals surface area (Å²) in [6, 6.07) is 8.46. The lowest BCUT2D eigenvalue weighted by atomic mass is 10.1. The molecule has 4 nitrogen and oxygen atoms in total. The topological polar surface area (TPSA) is 77.2 Å². The van der Waals surface area contributed by atoms with Gasteiger partial charge in [-0.3, -0.25) is 4.79 Å². The highest BCUT2D eigenvalue weighted by Gasteiger charge is 2.27. The standard InChI is InChI=1S/C12H17NO3S/c1-10(17(15,16)9-5-8-13)12(14)11-6-3-2-4-7-11/h2-4,6-7,10H,5,8-9,13H2,1H3. The van der Waals surface area contributed by atoms with Crippen molar-refractivity contribution in [1.82, 2.24) is 0 Å². The quantitative estimate of drug-likeness (QED) is 0.770. The second kappa shape index (κ2) is 5.93. The number of sulfone groups is 1. The number of carbonyl (C=O) groups is 1. The van der Waals surface area contributed by atoms with E-state index in [-0.39, 0.29) is 11.5 Å². The van der Waals surface area contributed by atoms with Crippen molar-refractivity contribution in [3.05, 3.63) is 35.9 Å². The zero-order chi connectivity index (χ0) is 12.9. The normalized spacial score (nSPS) is 13.3. The summed E-state index contributed by atoms with van der Waals surface area (Å²) in [5, 5.41) is -1.00. The molecule has 2 N–H and O–H groups in total. The fraction of sp³-hybridized carbons (Fsp3) is 0.417. The minimum absolute atomic E-state index is 0.0385. The van der Waals surface area contributed by atoms with Crippen LogP contribution in [0.2, 0.25) is 0 Å². The smallest absolute Gasteiger partial charge is 0.180 e. The molecule has 1 aromatic carbocycles. The molecule has 0 aliphatic carbocycles. The second-order valence-electron chi connectivity index (χ2n) is 3.88. The van der Waals surface area contributed by atoms with Gasteiger partial charge in [0.2, 0.25) is 0 Å². The van der Waals surface area contributed by atoms with Crippen LogP contribution in [0.15, 0.2) is 30.3 Å². The third-order valence-corrected chi connectivity index (χ3v) is 4.75. The third kappa shape index (κ3) is 3.64. The summed E-state index contributed by atoms with van der Waals surface area (Å²) < 4.78 is 23.7. The summed E-state index contributed by atoms with van der Waals surface area (Å²) in [6.07, 6.45) is 0.384. The number of hydrogen-bond donors (Lipinski definition) is 1. The molecule has 1 aromatic rings. The van der Waals surface area contributed by atoms with E-state index in [1.165, 1.54) is 6.92 Å². The summed E-state index contributed by atoms with van der Waals surface area (Å²) in [6.45, 7) is 1.74. The first-order chi connectivity index (χ1) is 7.99. The van der Waals surface area contributed by atoms with E-state index in [1.54, 1.807) is 30.3 Å². The van der Waals surface area contributed by atoms with Gasteiger partial charge in [-0.25, -0.2) is 8.42 Å². The van der Waals surface area contributed by atoms with Gasteiger partial charge in [0.25, 0.3) is 0 Å². The van der Waals surface area contributed by atoms with E-state index in [4.69, 9.17) is 5.73 Å². The Morgan fingerprint density at radius 3 is 2.41 bits per heavy atom. The van der Waals surface area contributed by atoms with Crippen LogP contribution in [0.25, 0.3) is 0 Å². The van der Waals surface area contributed by atoms with Crippen LogP contribution in [0.3, 0.4) is 0 Å². The van der Waals surface area contributed by atoms with Crippen LogP contribution in [-0.2, 0) is 9.84 Å². The number of nitrogens with two attached hydrogens (primary N) is 1. The van der Waals surface area contributed by atoms with Gasteiger partial charge in [0.1, 0.15) is 5.25 Å². The molecule has 17 heavy (non-hydrogen) atoms. The highest BCUT2D eigenvalue weighted by Crippen LogP contribution is 2.11. The van der Waals surface area contributed by atoms with E-state index in [2.05, 4.69) is 0 Å². The molecule has 0 spiro atoms. The summed E-state index contributed by atoms with van der Waals surface area (Å²) >= 11 is 0. The molecule has 0 fully saturated rings. The Hall–Kier alpha value is -1.20. The minimum Gasteiger partial charge on any atom is -0.330 e. The lowest BCUT2D eigenvalue weighted by Gasteiger charge is -2.11. The summed E-state index contributed by atoms with van der Waals surface area (Å²) in [7, 11) is -3.40. The Labute approximate surface area is 102 Å². The number of benzene rings is 1. The van der Waals surface area contributed by atoms with Crippen LogP contribution >= 0.6 is 0 Å². The van der Waals surface area contributed by atoms with Gasteiger partial charge in [-0.2, -0.15) is 0 Å². The number of hydrogen-bond acceptors (Lipinski definition) is 4. The molecule has 0 heterocycles. The molecule has 0 saturated heterocycles. The van der Waals surface area contributed by atoms with Crippen LogP contribution in [0, 0.1) is 0 Å². The molecule has 0 aliphatic heterocycles. The van der Waals surface area contributed by atoms with Crippen LogP contribution in [0.4, 0.5) is 0 Å².